The lowest BCUT2D eigenvalue weighted by Gasteiger charge is -2.23. The van der Waals surface area contributed by atoms with E-state index < -0.39 is 18.1 Å². The molecule has 1 atom stereocenters. The predicted octanol–water partition coefficient (Wildman–Crippen LogP) is 1.97. The summed E-state index contributed by atoms with van der Waals surface area (Å²) < 4.78 is 39.8. The van der Waals surface area contributed by atoms with Gasteiger partial charge in [0.2, 0.25) is 0 Å². The molecule has 2 aliphatic rings. The molecule has 6 heteroatoms. The highest BCUT2D eigenvalue weighted by molar-refractivity contribution is 5.90. The minimum Gasteiger partial charge on any atom is -0.478 e. The number of aliphatic carboxylic acids is 1. The van der Waals surface area contributed by atoms with E-state index in [1.54, 1.807) is 13.0 Å². The third-order valence-corrected chi connectivity index (χ3v) is 4.15. The van der Waals surface area contributed by atoms with E-state index in [1.807, 2.05) is 0 Å². The zero-order chi connectivity index (χ0) is 15.4. The second-order valence-electron chi connectivity index (χ2n) is 5.52. The first-order chi connectivity index (χ1) is 9.79. The van der Waals surface area contributed by atoms with Crippen LogP contribution in [-0.4, -0.2) is 22.2 Å². The fraction of sp³-hybridized carbons (Fsp3) is 0.400. The molecule has 0 spiro atoms. The van der Waals surface area contributed by atoms with Crippen LogP contribution in [0.5, 0.6) is 0 Å². The van der Waals surface area contributed by atoms with E-state index in [0.29, 0.717) is 28.3 Å². The summed E-state index contributed by atoms with van der Waals surface area (Å²) in [6.45, 7) is 1.71. The Balaban J connectivity index is 2.25. The van der Waals surface area contributed by atoms with Crippen LogP contribution in [0.3, 0.4) is 0 Å². The summed E-state index contributed by atoms with van der Waals surface area (Å²) in [6.07, 6.45) is -0.592. The quantitative estimate of drug-likeness (QED) is 0.832. The van der Waals surface area contributed by atoms with Crippen LogP contribution in [-0.2, 0) is 11.2 Å². The summed E-state index contributed by atoms with van der Waals surface area (Å²) in [5.41, 5.74) is 1.52. The largest absolute Gasteiger partial charge is 0.478 e. The normalized spacial score (nSPS) is 21.2. The molecule has 1 heterocycles. The second-order valence-corrected chi connectivity index (χ2v) is 5.52. The summed E-state index contributed by atoms with van der Waals surface area (Å²) in [6, 6.07) is 0. The molecule has 3 rings (SSSR count). The van der Waals surface area contributed by atoms with Gasteiger partial charge in [0, 0.05) is 22.7 Å². The molecule has 0 unspecified atom stereocenters. The van der Waals surface area contributed by atoms with Gasteiger partial charge >= 0.3 is 12.1 Å². The number of hydrogen-bond donors (Lipinski definition) is 2. The van der Waals surface area contributed by atoms with Gasteiger partial charge in [0.15, 0.2) is 0 Å². The number of carbonyl (C=O) groups is 1. The van der Waals surface area contributed by atoms with Gasteiger partial charge in [0.05, 0.1) is 5.92 Å². The van der Waals surface area contributed by atoms with Crippen molar-refractivity contribution in [2.24, 2.45) is 0 Å². The van der Waals surface area contributed by atoms with Crippen LogP contribution in [0.4, 0.5) is 13.2 Å². The molecule has 0 radical (unpaired) electrons. The fourth-order valence-electron chi connectivity index (χ4n) is 3.23. The number of H-pyrrole nitrogens is 1. The Kier molecular flexibility index (Phi) is 3.00. The van der Waals surface area contributed by atoms with E-state index in [-0.39, 0.29) is 24.0 Å². The van der Waals surface area contributed by atoms with Crippen LogP contribution >= 0.6 is 0 Å². The fourth-order valence-corrected chi connectivity index (χ4v) is 3.23. The lowest BCUT2D eigenvalue weighted by molar-refractivity contribution is -0.152. The highest BCUT2D eigenvalue weighted by Gasteiger charge is 2.43. The highest BCUT2D eigenvalue weighted by atomic mass is 19.4. The molecule has 0 aliphatic heterocycles. The van der Waals surface area contributed by atoms with Gasteiger partial charge in [-0.15, -0.1) is 0 Å². The number of fused-ring (bicyclic) bond motifs is 3. The molecule has 2 N–H and O–H groups in total. The van der Waals surface area contributed by atoms with E-state index in [1.165, 1.54) is 6.08 Å². The van der Waals surface area contributed by atoms with Crippen molar-refractivity contribution in [3.05, 3.63) is 33.5 Å². The van der Waals surface area contributed by atoms with Gasteiger partial charge in [-0.05, 0) is 42.5 Å². The average molecular weight is 297 g/mol. The summed E-state index contributed by atoms with van der Waals surface area (Å²) in [5.74, 6) is -2.60. The van der Waals surface area contributed by atoms with Crippen molar-refractivity contribution >= 4 is 17.6 Å². The Labute approximate surface area is 118 Å². The minimum atomic E-state index is -4.31. The van der Waals surface area contributed by atoms with Crippen LogP contribution in [0.1, 0.15) is 36.8 Å². The minimum absolute atomic E-state index is 0.0198. The summed E-state index contributed by atoms with van der Waals surface area (Å²) >= 11 is 0. The van der Waals surface area contributed by atoms with Crippen LogP contribution in [0.25, 0.3) is 11.6 Å². The molecule has 0 amide bonds. The van der Waals surface area contributed by atoms with Crippen molar-refractivity contribution in [1.82, 2.24) is 4.98 Å². The van der Waals surface area contributed by atoms with Gasteiger partial charge < -0.3 is 10.1 Å². The Morgan fingerprint density at radius 1 is 1.43 bits per heavy atom. The average Bonchev–Trinajstić information content (AvgIpc) is 2.76. The van der Waals surface area contributed by atoms with Gasteiger partial charge in [-0.25, -0.2) is 4.79 Å². The standard InChI is InChI=1S/C15H14F3NO2/c1-7-5-8(14(20)21)6-9-12-10(15(16,17)18)3-2-4-11(12)19-13(7)9/h4-5,10,19H,2-3,6H2,1H3,(H,20,21)/t10-/m0/s1. The number of allylic oxidation sites excluding steroid dienone is 1. The van der Waals surface area contributed by atoms with Crippen LogP contribution in [0, 0.1) is 0 Å². The first kappa shape index (κ1) is 14.0. The number of carboxylic acids is 1. The Hall–Kier alpha value is -1.98. The van der Waals surface area contributed by atoms with Crippen molar-refractivity contribution in [3.8, 4) is 0 Å². The molecule has 1 aromatic rings. The molecule has 3 nitrogen and oxygen atoms in total. The summed E-state index contributed by atoms with van der Waals surface area (Å²) in [4.78, 5) is 14.2. The molecule has 1 aromatic heterocycles. The predicted molar refractivity (Wildman–Crippen MR) is 71.0 cm³/mol. The molecule has 21 heavy (non-hydrogen) atoms. The van der Waals surface area contributed by atoms with Gasteiger partial charge in [0.1, 0.15) is 0 Å². The molecular weight excluding hydrogens is 283 g/mol. The molecule has 0 saturated carbocycles. The Bertz CT molecular complexity index is 768. The maximum Gasteiger partial charge on any atom is 0.395 e. The molecule has 112 valence electrons. The van der Waals surface area contributed by atoms with E-state index in [9.17, 15) is 18.0 Å². The number of halogens is 3. The Morgan fingerprint density at radius 3 is 2.76 bits per heavy atom. The van der Waals surface area contributed by atoms with Crippen molar-refractivity contribution in [3.63, 3.8) is 0 Å². The van der Waals surface area contributed by atoms with E-state index >= 15 is 0 Å². The molecule has 0 fully saturated rings. The van der Waals surface area contributed by atoms with Crippen molar-refractivity contribution in [2.75, 3.05) is 0 Å². The summed E-state index contributed by atoms with van der Waals surface area (Å²) in [5, 5.41) is 10.3. The van der Waals surface area contributed by atoms with Gasteiger partial charge in [-0.2, -0.15) is 13.2 Å². The number of nitrogens with one attached hydrogen (secondary N) is 1. The first-order valence-electron chi connectivity index (χ1n) is 6.71. The molecular formula is C15H14F3NO2. The number of aromatic nitrogens is 1. The SMILES string of the molecule is CC1=c2[nH]c3c(c2CC(C(=O)O)=C1)[C@@H](C(F)(F)F)CCC=3. The van der Waals surface area contributed by atoms with Crippen LogP contribution < -0.4 is 10.7 Å². The monoisotopic (exact) mass is 297 g/mol. The maximum atomic E-state index is 13.3. The van der Waals surface area contributed by atoms with E-state index in [0.717, 1.165) is 0 Å². The topological polar surface area (TPSA) is 53.1 Å². The number of hydrogen-bond acceptors (Lipinski definition) is 1. The van der Waals surface area contributed by atoms with Crippen LogP contribution in [0.2, 0.25) is 0 Å². The summed E-state index contributed by atoms with van der Waals surface area (Å²) in [7, 11) is 0. The lowest BCUT2D eigenvalue weighted by Crippen LogP contribution is -2.29. The second kappa shape index (κ2) is 4.51. The van der Waals surface area contributed by atoms with Gasteiger partial charge in [-0.1, -0.05) is 6.08 Å². The zero-order valence-corrected chi connectivity index (χ0v) is 11.3. The number of rotatable bonds is 1. The molecule has 0 bridgehead atoms. The number of carboxylic acid groups (broad SMARTS) is 1. The molecule has 0 saturated heterocycles. The smallest absolute Gasteiger partial charge is 0.395 e. The number of aromatic amines is 1. The van der Waals surface area contributed by atoms with E-state index in [4.69, 9.17) is 5.11 Å². The lowest BCUT2D eigenvalue weighted by atomic mass is 9.84. The number of alkyl halides is 3. The van der Waals surface area contributed by atoms with Gasteiger partial charge in [0.25, 0.3) is 0 Å². The van der Waals surface area contributed by atoms with Gasteiger partial charge in [-0.3, -0.25) is 0 Å². The van der Waals surface area contributed by atoms with Crippen molar-refractivity contribution in [1.29, 1.82) is 0 Å². The third kappa shape index (κ3) is 2.18. The first-order valence-corrected chi connectivity index (χ1v) is 6.71. The van der Waals surface area contributed by atoms with Crippen molar-refractivity contribution < 1.29 is 23.1 Å². The molecule has 0 aromatic carbocycles. The molecule has 2 aliphatic carbocycles. The third-order valence-electron chi connectivity index (χ3n) is 4.15. The maximum absolute atomic E-state index is 13.3. The highest BCUT2D eigenvalue weighted by Crippen LogP contribution is 2.40. The van der Waals surface area contributed by atoms with Crippen molar-refractivity contribution in [2.45, 2.75) is 38.3 Å². The van der Waals surface area contributed by atoms with Crippen LogP contribution in [0.15, 0.2) is 11.6 Å². The van der Waals surface area contributed by atoms with E-state index in [2.05, 4.69) is 4.98 Å². The zero-order valence-electron chi connectivity index (χ0n) is 11.3. The Morgan fingerprint density at radius 2 is 2.14 bits per heavy atom.